The third kappa shape index (κ3) is 7.78. The molecule has 5 aliphatic rings. The lowest BCUT2D eigenvalue weighted by molar-refractivity contribution is -0.157. The third-order valence-electron chi connectivity index (χ3n) is 10.3. The molecule has 0 bridgehead atoms. The molecule has 5 fully saturated rings. The molecule has 2 aromatic heterocycles. The standard InChI is InChI=1S/C20H21Cl2NO4.C18H17Cl2NO3/c21-15-2-1-3-16(22)17(15)18-14(19(27-23-18)12-4-5-12)11-24-13-6-7-20(10-13)25-8-9-26-20;19-14-2-1-3-15(20)16(14)17-13(18(24-21-17)10-4-5-10)9-23-12-7-6-11(22)8-12/h1-3,12-13H,4-11H2;1-3,10,12H,4-9H2. The van der Waals surface area contributed by atoms with Gasteiger partial charge in [0, 0.05) is 59.8 Å². The molecule has 270 valence electrons. The second-order valence-corrected chi connectivity index (χ2v) is 15.6. The summed E-state index contributed by atoms with van der Waals surface area (Å²) in [6, 6.07) is 10.8. The largest absolute Gasteiger partial charge is 0.373 e. The van der Waals surface area contributed by atoms with Crippen LogP contribution in [0.15, 0.2) is 45.4 Å². The van der Waals surface area contributed by atoms with Gasteiger partial charge < -0.3 is 28.0 Å². The molecule has 1 saturated heterocycles. The highest BCUT2D eigenvalue weighted by Crippen LogP contribution is 2.48. The van der Waals surface area contributed by atoms with E-state index in [9.17, 15) is 4.79 Å². The first-order chi connectivity index (χ1) is 24.8. The molecule has 4 aromatic rings. The number of ketones is 1. The minimum Gasteiger partial charge on any atom is -0.373 e. The molecule has 1 aliphatic heterocycles. The van der Waals surface area contributed by atoms with E-state index in [2.05, 4.69) is 10.3 Å². The third-order valence-corrected chi connectivity index (χ3v) is 11.5. The van der Waals surface area contributed by atoms with Crippen molar-refractivity contribution in [2.24, 2.45) is 0 Å². The molecule has 9 rings (SSSR count). The van der Waals surface area contributed by atoms with Crippen LogP contribution >= 0.6 is 46.4 Å². The number of carbonyl (C=O) groups excluding carboxylic acids is 1. The Balaban J connectivity index is 0.000000148. The van der Waals surface area contributed by atoms with Crippen LogP contribution in [0.4, 0.5) is 0 Å². The van der Waals surface area contributed by atoms with Gasteiger partial charge >= 0.3 is 0 Å². The van der Waals surface area contributed by atoms with E-state index in [1.807, 2.05) is 18.2 Å². The molecule has 0 amide bonds. The Hall–Kier alpha value is -2.47. The number of benzene rings is 2. The molecule has 13 heteroatoms. The number of Topliss-reactive ketones (excluding diaryl/α,β-unsaturated/α-hetero) is 1. The summed E-state index contributed by atoms with van der Waals surface area (Å²) in [7, 11) is 0. The van der Waals surface area contributed by atoms with Crippen LogP contribution in [-0.2, 0) is 37.0 Å². The molecule has 51 heavy (non-hydrogen) atoms. The fourth-order valence-electron chi connectivity index (χ4n) is 7.25. The first kappa shape index (κ1) is 35.6. The second kappa shape index (κ2) is 15.1. The molecule has 3 heterocycles. The number of hydrogen-bond acceptors (Lipinski definition) is 9. The predicted octanol–water partition coefficient (Wildman–Crippen LogP) is 10.5. The van der Waals surface area contributed by atoms with Crippen molar-refractivity contribution < 1.29 is 32.8 Å². The molecule has 2 unspecified atom stereocenters. The lowest BCUT2D eigenvalue weighted by Gasteiger charge is -2.21. The van der Waals surface area contributed by atoms with E-state index in [1.165, 1.54) is 0 Å². The molecule has 2 aromatic carbocycles. The molecule has 2 atom stereocenters. The van der Waals surface area contributed by atoms with Crippen LogP contribution in [-0.4, -0.2) is 47.3 Å². The van der Waals surface area contributed by atoms with Crippen molar-refractivity contribution in [3.63, 3.8) is 0 Å². The van der Waals surface area contributed by atoms with Gasteiger partial charge in [0.05, 0.1) is 58.7 Å². The SMILES string of the molecule is Clc1cccc(Cl)c1-c1noc(C2CC2)c1COC1CCC2(C1)OCCO2.O=C1CCC(OCc2c(-c3c(Cl)cccc3Cl)noc2C2CC2)C1. The van der Waals surface area contributed by atoms with E-state index in [0.717, 1.165) is 74.0 Å². The number of nitrogens with zero attached hydrogens (tertiary/aromatic N) is 2. The molecule has 9 nitrogen and oxygen atoms in total. The van der Waals surface area contributed by atoms with E-state index in [1.54, 1.807) is 18.2 Å². The Morgan fingerprint density at radius 3 is 1.63 bits per heavy atom. The van der Waals surface area contributed by atoms with Gasteiger partial charge in [0.25, 0.3) is 0 Å². The van der Waals surface area contributed by atoms with Gasteiger partial charge in [-0.1, -0.05) is 68.8 Å². The van der Waals surface area contributed by atoms with Crippen LogP contribution in [0.25, 0.3) is 22.5 Å². The van der Waals surface area contributed by atoms with E-state index >= 15 is 0 Å². The van der Waals surface area contributed by atoms with E-state index in [0.29, 0.717) is 93.7 Å². The maximum Gasteiger partial charge on any atom is 0.171 e. The Kier molecular flexibility index (Phi) is 10.5. The summed E-state index contributed by atoms with van der Waals surface area (Å²) in [5, 5.41) is 10.7. The van der Waals surface area contributed by atoms with Gasteiger partial charge in [-0.25, -0.2) is 0 Å². The van der Waals surface area contributed by atoms with Crippen LogP contribution < -0.4 is 0 Å². The van der Waals surface area contributed by atoms with Crippen molar-refractivity contribution in [1.29, 1.82) is 0 Å². The van der Waals surface area contributed by atoms with Crippen molar-refractivity contribution >= 4 is 52.2 Å². The highest BCUT2D eigenvalue weighted by atomic mass is 35.5. The van der Waals surface area contributed by atoms with Gasteiger partial charge in [0.15, 0.2) is 5.79 Å². The zero-order valence-electron chi connectivity index (χ0n) is 27.9. The van der Waals surface area contributed by atoms with Crippen molar-refractivity contribution in [2.45, 2.75) is 107 Å². The smallest absolute Gasteiger partial charge is 0.171 e. The Morgan fingerprint density at radius 1 is 0.686 bits per heavy atom. The van der Waals surface area contributed by atoms with E-state index < -0.39 is 5.79 Å². The number of carbonyl (C=O) groups is 1. The van der Waals surface area contributed by atoms with Gasteiger partial charge in [-0.2, -0.15) is 0 Å². The topological polar surface area (TPSA) is 106 Å². The van der Waals surface area contributed by atoms with Gasteiger partial charge in [-0.15, -0.1) is 0 Å². The van der Waals surface area contributed by atoms with Crippen LogP contribution in [0, 0.1) is 0 Å². The normalized spacial score (nSPS) is 22.5. The summed E-state index contributed by atoms with van der Waals surface area (Å²) in [4.78, 5) is 11.4. The summed E-state index contributed by atoms with van der Waals surface area (Å²) in [5.41, 5.74) is 4.59. The fourth-order valence-corrected chi connectivity index (χ4v) is 8.41. The predicted molar refractivity (Wildman–Crippen MR) is 192 cm³/mol. The van der Waals surface area contributed by atoms with Crippen LogP contribution in [0.2, 0.25) is 20.1 Å². The number of aromatic nitrogens is 2. The minimum absolute atomic E-state index is 0.0194. The van der Waals surface area contributed by atoms with Crippen molar-refractivity contribution in [3.8, 4) is 22.5 Å². The molecule has 1 spiro atoms. The zero-order valence-corrected chi connectivity index (χ0v) is 31.0. The van der Waals surface area contributed by atoms with Crippen molar-refractivity contribution in [1.82, 2.24) is 10.3 Å². The quantitative estimate of drug-likeness (QED) is 0.156. The number of ether oxygens (including phenoxy) is 4. The maximum atomic E-state index is 11.4. The molecular weight excluding hydrogens is 738 g/mol. The molecular formula is C38H38Cl4N2O7. The highest BCUT2D eigenvalue weighted by Gasteiger charge is 2.45. The van der Waals surface area contributed by atoms with Gasteiger partial charge in [0.1, 0.15) is 28.7 Å². The lowest BCUT2D eigenvalue weighted by atomic mass is 10.0. The first-order valence-electron chi connectivity index (χ1n) is 17.7. The zero-order chi connectivity index (χ0) is 35.1. The maximum absolute atomic E-state index is 11.4. The highest BCUT2D eigenvalue weighted by molar-refractivity contribution is 6.39. The van der Waals surface area contributed by atoms with Gasteiger partial charge in [-0.3, -0.25) is 4.79 Å². The average Bonchev–Trinajstić information content (AvgIpc) is 3.86. The summed E-state index contributed by atoms with van der Waals surface area (Å²) in [5.74, 6) is 2.42. The molecule has 0 N–H and O–H groups in total. The van der Waals surface area contributed by atoms with Gasteiger partial charge in [-0.05, 0) is 62.8 Å². The summed E-state index contributed by atoms with van der Waals surface area (Å²) >= 11 is 25.5. The van der Waals surface area contributed by atoms with Crippen LogP contribution in [0.3, 0.4) is 0 Å². The van der Waals surface area contributed by atoms with Crippen LogP contribution in [0.5, 0.6) is 0 Å². The molecule has 4 aliphatic carbocycles. The van der Waals surface area contributed by atoms with Crippen molar-refractivity contribution in [3.05, 3.63) is 79.1 Å². The number of hydrogen-bond donors (Lipinski definition) is 0. The minimum atomic E-state index is -0.437. The number of rotatable bonds is 10. The van der Waals surface area contributed by atoms with Crippen LogP contribution in [0.1, 0.15) is 98.7 Å². The number of halogens is 4. The second-order valence-electron chi connectivity index (χ2n) is 14.0. The van der Waals surface area contributed by atoms with Crippen molar-refractivity contribution in [2.75, 3.05) is 13.2 Å². The summed E-state index contributed by atoms with van der Waals surface area (Å²) in [6.07, 6.45) is 8.95. The summed E-state index contributed by atoms with van der Waals surface area (Å²) < 4.78 is 35.1. The Labute approximate surface area is 316 Å². The van der Waals surface area contributed by atoms with E-state index in [4.69, 9.17) is 74.4 Å². The summed E-state index contributed by atoms with van der Waals surface area (Å²) in [6.45, 7) is 2.12. The average molecular weight is 777 g/mol. The lowest BCUT2D eigenvalue weighted by Crippen LogP contribution is -2.27. The van der Waals surface area contributed by atoms with Gasteiger partial charge in [0.2, 0.25) is 0 Å². The van der Waals surface area contributed by atoms with E-state index in [-0.39, 0.29) is 18.0 Å². The fraction of sp³-hybridized carbons (Fsp3) is 0.500. The Morgan fingerprint density at radius 2 is 1.18 bits per heavy atom. The monoisotopic (exact) mass is 774 g/mol. The molecule has 4 saturated carbocycles. The first-order valence-corrected chi connectivity index (χ1v) is 19.2. The Bertz CT molecular complexity index is 1860. The molecule has 0 radical (unpaired) electrons.